The van der Waals surface area contributed by atoms with Gasteiger partial charge in [-0.15, -0.1) is 0 Å². The number of amides is 2. The summed E-state index contributed by atoms with van der Waals surface area (Å²) in [5.74, 6) is -0.394. The van der Waals surface area contributed by atoms with Gasteiger partial charge in [0, 0.05) is 6.08 Å². The van der Waals surface area contributed by atoms with E-state index >= 15 is 0 Å². The highest BCUT2D eigenvalue weighted by Gasteiger charge is 2.36. The third kappa shape index (κ3) is 4.14. The van der Waals surface area contributed by atoms with E-state index < -0.39 is 12.0 Å². The fourth-order valence-corrected chi connectivity index (χ4v) is 2.75. The molecule has 1 saturated heterocycles. The Morgan fingerprint density at radius 1 is 1.12 bits per heavy atom. The maximum Gasteiger partial charge on any atom is 0.417 e. The van der Waals surface area contributed by atoms with Crippen molar-refractivity contribution in [1.29, 1.82) is 0 Å². The highest BCUT2D eigenvalue weighted by atomic mass is 16.6. The molecule has 2 aromatic rings. The van der Waals surface area contributed by atoms with Gasteiger partial charge in [-0.1, -0.05) is 54.6 Å². The van der Waals surface area contributed by atoms with Crippen molar-refractivity contribution < 1.29 is 19.4 Å². The number of imide groups is 1. The van der Waals surface area contributed by atoms with Gasteiger partial charge in [-0.3, -0.25) is 4.79 Å². The highest BCUT2D eigenvalue weighted by Crippen LogP contribution is 2.18. The van der Waals surface area contributed by atoms with E-state index in [0.717, 1.165) is 16.7 Å². The third-order valence-corrected chi connectivity index (χ3v) is 4.09. The van der Waals surface area contributed by atoms with Crippen molar-refractivity contribution in [1.82, 2.24) is 4.90 Å². The lowest BCUT2D eigenvalue weighted by Gasteiger charge is -2.18. The quantitative estimate of drug-likeness (QED) is 0.852. The second-order valence-electron chi connectivity index (χ2n) is 5.86. The van der Waals surface area contributed by atoms with E-state index in [1.54, 1.807) is 30.3 Å². The Labute approximate surface area is 146 Å². The van der Waals surface area contributed by atoms with Crippen LogP contribution in [0.15, 0.2) is 60.7 Å². The Morgan fingerprint density at radius 2 is 1.84 bits per heavy atom. The lowest BCUT2D eigenvalue weighted by molar-refractivity contribution is -0.124. The minimum atomic E-state index is -0.605. The fourth-order valence-electron chi connectivity index (χ4n) is 2.75. The van der Waals surface area contributed by atoms with Gasteiger partial charge in [-0.2, -0.15) is 0 Å². The standard InChI is InChI=1S/C20H19NO4/c22-13-17-8-6-15(7-9-17)10-11-19(23)21-18(14-25-20(21)24)12-16-4-2-1-3-5-16/h1-11,18,22H,12-14H2/b11-10+/t18-/m0/s1. The van der Waals surface area contributed by atoms with Crippen molar-refractivity contribution >= 4 is 18.1 Å². The summed E-state index contributed by atoms with van der Waals surface area (Å²) in [4.78, 5) is 25.6. The first-order valence-corrected chi connectivity index (χ1v) is 8.09. The van der Waals surface area contributed by atoms with E-state index in [1.807, 2.05) is 30.3 Å². The number of hydrogen-bond acceptors (Lipinski definition) is 4. The van der Waals surface area contributed by atoms with Gasteiger partial charge in [-0.25, -0.2) is 9.69 Å². The predicted octanol–water partition coefficient (Wildman–Crippen LogP) is 2.78. The molecule has 128 valence electrons. The lowest BCUT2D eigenvalue weighted by atomic mass is 10.1. The molecule has 3 rings (SSSR count). The van der Waals surface area contributed by atoms with Crippen LogP contribution < -0.4 is 0 Å². The van der Waals surface area contributed by atoms with Crippen LogP contribution in [-0.4, -0.2) is 34.7 Å². The maximum absolute atomic E-state index is 12.5. The number of carbonyl (C=O) groups excluding carboxylic acids is 2. The number of carbonyl (C=O) groups is 2. The number of nitrogens with zero attached hydrogens (tertiary/aromatic N) is 1. The number of rotatable bonds is 5. The van der Waals surface area contributed by atoms with Crippen LogP contribution in [0.25, 0.3) is 6.08 Å². The smallest absolute Gasteiger partial charge is 0.417 e. The van der Waals surface area contributed by atoms with Crippen molar-refractivity contribution in [3.05, 3.63) is 77.4 Å². The number of aliphatic hydroxyl groups is 1. The zero-order valence-electron chi connectivity index (χ0n) is 13.7. The minimum absolute atomic E-state index is 0.0241. The minimum Gasteiger partial charge on any atom is -0.447 e. The Morgan fingerprint density at radius 3 is 2.52 bits per heavy atom. The van der Waals surface area contributed by atoms with Crippen LogP contribution in [-0.2, 0) is 22.6 Å². The van der Waals surface area contributed by atoms with Gasteiger partial charge in [0.2, 0.25) is 0 Å². The summed E-state index contributed by atoms with van der Waals surface area (Å²) in [7, 11) is 0. The van der Waals surface area contributed by atoms with Crippen molar-refractivity contribution in [2.24, 2.45) is 0 Å². The molecule has 0 aliphatic carbocycles. The Kier molecular flexibility index (Phi) is 5.26. The van der Waals surface area contributed by atoms with Crippen molar-refractivity contribution in [2.75, 3.05) is 6.61 Å². The summed E-state index contributed by atoms with van der Waals surface area (Å²) in [5, 5.41) is 9.04. The normalized spacial score (nSPS) is 17.1. The molecule has 25 heavy (non-hydrogen) atoms. The zero-order valence-corrected chi connectivity index (χ0v) is 13.7. The Hall–Kier alpha value is -2.92. The van der Waals surface area contributed by atoms with Gasteiger partial charge in [0.05, 0.1) is 12.6 Å². The topological polar surface area (TPSA) is 66.8 Å². The average Bonchev–Trinajstić information content (AvgIpc) is 3.01. The summed E-state index contributed by atoms with van der Waals surface area (Å²) in [5.41, 5.74) is 2.67. The summed E-state index contributed by atoms with van der Waals surface area (Å²) < 4.78 is 5.06. The van der Waals surface area contributed by atoms with Crippen LogP contribution in [0.4, 0.5) is 4.79 Å². The van der Waals surface area contributed by atoms with E-state index in [0.29, 0.717) is 6.42 Å². The van der Waals surface area contributed by atoms with E-state index in [-0.39, 0.29) is 19.3 Å². The maximum atomic E-state index is 12.5. The molecule has 0 radical (unpaired) electrons. The zero-order chi connectivity index (χ0) is 17.6. The Bertz CT molecular complexity index is 768. The van der Waals surface area contributed by atoms with Crippen LogP contribution in [0.1, 0.15) is 16.7 Å². The first kappa shape index (κ1) is 16.9. The van der Waals surface area contributed by atoms with Crippen LogP contribution in [0.2, 0.25) is 0 Å². The summed E-state index contributed by atoms with van der Waals surface area (Å²) >= 11 is 0. The van der Waals surface area contributed by atoms with Gasteiger partial charge in [-0.05, 0) is 29.2 Å². The molecular weight excluding hydrogens is 318 g/mol. The molecule has 0 aromatic heterocycles. The average molecular weight is 337 g/mol. The Balaban J connectivity index is 1.69. The number of aliphatic hydroxyl groups excluding tert-OH is 1. The molecular formula is C20H19NO4. The predicted molar refractivity (Wildman–Crippen MR) is 93.5 cm³/mol. The van der Waals surface area contributed by atoms with E-state index in [4.69, 9.17) is 9.84 Å². The molecule has 2 amide bonds. The van der Waals surface area contributed by atoms with Crippen LogP contribution in [0, 0.1) is 0 Å². The van der Waals surface area contributed by atoms with E-state index in [9.17, 15) is 9.59 Å². The molecule has 0 saturated carbocycles. The monoisotopic (exact) mass is 337 g/mol. The van der Waals surface area contributed by atoms with E-state index in [2.05, 4.69) is 0 Å². The van der Waals surface area contributed by atoms with Crippen LogP contribution in [0.3, 0.4) is 0 Å². The molecule has 0 spiro atoms. The van der Waals surface area contributed by atoms with Crippen LogP contribution >= 0.6 is 0 Å². The summed E-state index contributed by atoms with van der Waals surface area (Å²) in [6, 6.07) is 16.6. The molecule has 1 atom stereocenters. The molecule has 1 aliphatic heterocycles. The molecule has 1 aliphatic rings. The first-order chi connectivity index (χ1) is 12.2. The molecule has 1 heterocycles. The number of hydrogen-bond donors (Lipinski definition) is 1. The largest absolute Gasteiger partial charge is 0.447 e. The second kappa shape index (κ2) is 7.77. The number of ether oxygens (including phenoxy) is 1. The van der Waals surface area contributed by atoms with Crippen molar-refractivity contribution in [3.8, 4) is 0 Å². The van der Waals surface area contributed by atoms with Crippen molar-refractivity contribution in [2.45, 2.75) is 19.1 Å². The number of benzene rings is 2. The van der Waals surface area contributed by atoms with Gasteiger partial charge in [0.25, 0.3) is 5.91 Å². The van der Waals surface area contributed by atoms with Crippen molar-refractivity contribution in [3.63, 3.8) is 0 Å². The first-order valence-electron chi connectivity index (χ1n) is 8.09. The third-order valence-electron chi connectivity index (χ3n) is 4.09. The lowest BCUT2D eigenvalue weighted by Crippen LogP contribution is -2.39. The summed E-state index contributed by atoms with van der Waals surface area (Å²) in [6.45, 7) is 0.183. The van der Waals surface area contributed by atoms with Gasteiger partial charge < -0.3 is 9.84 Å². The SMILES string of the molecule is O=C(/C=C/c1ccc(CO)cc1)N1C(=O)OC[C@@H]1Cc1ccccc1. The molecule has 1 fully saturated rings. The molecule has 2 aromatic carbocycles. The van der Waals surface area contributed by atoms with Crippen LogP contribution in [0.5, 0.6) is 0 Å². The highest BCUT2D eigenvalue weighted by molar-refractivity contribution is 6.02. The van der Waals surface area contributed by atoms with Gasteiger partial charge >= 0.3 is 6.09 Å². The van der Waals surface area contributed by atoms with Gasteiger partial charge in [0.1, 0.15) is 6.61 Å². The molecule has 5 heteroatoms. The number of cyclic esters (lactones) is 1. The fraction of sp³-hybridized carbons (Fsp3) is 0.200. The second-order valence-corrected chi connectivity index (χ2v) is 5.86. The van der Waals surface area contributed by atoms with Gasteiger partial charge in [0.15, 0.2) is 0 Å². The van der Waals surface area contributed by atoms with E-state index in [1.165, 1.54) is 11.0 Å². The molecule has 0 bridgehead atoms. The molecule has 0 unspecified atom stereocenters. The molecule has 1 N–H and O–H groups in total. The summed E-state index contributed by atoms with van der Waals surface area (Å²) in [6.07, 6.45) is 2.98. The molecule has 5 nitrogen and oxygen atoms in total.